The number of rotatable bonds is 4. The van der Waals surface area contributed by atoms with Crippen molar-refractivity contribution in [3.05, 3.63) is 67.4 Å². The molecule has 0 aliphatic heterocycles. The fraction of sp³-hybridized carbons (Fsp3) is 0.0769. The summed E-state index contributed by atoms with van der Waals surface area (Å²) in [5, 5.41) is 14.1. The molecule has 1 N–H and O–H groups in total. The Labute approximate surface area is 127 Å². The minimum atomic E-state index is -0.469. The maximum absolute atomic E-state index is 13.1. The number of nitrogens with zero attached hydrogens (tertiary/aromatic N) is 1. The third-order valence-corrected chi connectivity index (χ3v) is 3.35. The Morgan fingerprint density at radius 1 is 1.30 bits per heavy atom. The van der Waals surface area contributed by atoms with E-state index in [2.05, 4.69) is 21.2 Å². The van der Waals surface area contributed by atoms with Gasteiger partial charge >= 0.3 is 0 Å². The third kappa shape index (κ3) is 3.68. The normalized spacial score (nSPS) is 10.3. The monoisotopic (exact) mass is 358 g/mol. The minimum Gasteiger partial charge on any atom is -0.380 e. The van der Waals surface area contributed by atoms with Crippen molar-refractivity contribution in [1.29, 1.82) is 0 Å². The molecule has 2 aromatic rings. The van der Waals surface area contributed by atoms with Crippen molar-refractivity contribution >= 4 is 38.9 Å². The van der Waals surface area contributed by atoms with Gasteiger partial charge in [-0.3, -0.25) is 10.1 Å². The van der Waals surface area contributed by atoms with Gasteiger partial charge in [0.15, 0.2) is 0 Å². The highest BCUT2D eigenvalue weighted by Crippen LogP contribution is 2.25. The van der Waals surface area contributed by atoms with Crippen molar-refractivity contribution in [2.75, 3.05) is 5.32 Å². The van der Waals surface area contributed by atoms with Crippen LogP contribution in [-0.4, -0.2) is 4.92 Å². The van der Waals surface area contributed by atoms with Gasteiger partial charge in [-0.1, -0.05) is 27.5 Å². The molecule has 0 fully saturated rings. The Bertz CT molecular complexity index is 667. The second-order valence-electron chi connectivity index (χ2n) is 4.05. The zero-order valence-electron chi connectivity index (χ0n) is 10.1. The lowest BCUT2D eigenvalue weighted by Gasteiger charge is -2.09. The average molecular weight is 360 g/mol. The maximum atomic E-state index is 13.1. The highest BCUT2D eigenvalue weighted by atomic mass is 79.9. The summed E-state index contributed by atoms with van der Waals surface area (Å²) in [5.74, 6) is -0.405. The van der Waals surface area contributed by atoms with Crippen molar-refractivity contribution in [2.24, 2.45) is 0 Å². The molecule has 0 atom stereocenters. The summed E-state index contributed by atoms with van der Waals surface area (Å²) in [7, 11) is 0. The molecule has 0 aromatic heterocycles. The Kier molecular flexibility index (Phi) is 4.57. The van der Waals surface area contributed by atoms with Crippen LogP contribution in [0.5, 0.6) is 0 Å². The molecule has 0 spiro atoms. The average Bonchev–Trinajstić information content (AvgIpc) is 2.39. The van der Waals surface area contributed by atoms with Crippen LogP contribution in [0.4, 0.5) is 15.8 Å². The van der Waals surface area contributed by atoms with Crippen molar-refractivity contribution in [2.45, 2.75) is 6.54 Å². The van der Waals surface area contributed by atoms with E-state index >= 15 is 0 Å². The minimum absolute atomic E-state index is 0.0125. The van der Waals surface area contributed by atoms with Gasteiger partial charge in [-0.15, -0.1) is 0 Å². The molecule has 4 nitrogen and oxygen atoms in total. The summed E-state index contributed by atoms with van der Waals surface area (Å²) in [6.07, 6.45) is 0. The van der Waals surface area contributed by atoms with Gasteiger partial charge in [0.1, 0.15) is 5.82 Å². The van der Waals surface area contributed by atoms with Crippen molar-refractivity contribution in [3.8, 4) is 0 Å². The topological polar surface area (TPSA) is 55.2 Å². The van der Waals surface area contributed by atoms with E-state index in [0.717, 1.165) is 0 Å². The maximum Gasteiger partial charge on any atom is 0.270 e. The predicted octanol–water partition coefficient (Wildman–Crippen LogP) is 4.76. The smallest absolute Gasteiger partial charge is 0.270 e. The summed E-state index contributed by atoms with van der Waals surface area (Å²) in [6.45, 7) is 0.295. The largest absolute Gasteiger partial charge is 0.380 e. The number of hydrogen-bond acceptors (Lipinski definition) is 3. The van der Waals surface area contributed by atoms with E-state index in [4.69, 9.17) is 11.6 Å². The van der Waals surface area contributed by atoms with Crippen LogP contribution in [0.15, 0.2) is 40.9 Å². The van der Waals surface area contributed by atoms with E-state index < -0.39 is 10.7 Å². The zero-order valence-corrected chi connectivity index (χ0v) is 12.4. The summed E-state index contributed by atoms with van der Waals surface area (Å²) < 4.78 is 13.7. The lowest BCUT2D eigenvalue weighted by Crippen LogP contribution is -2.01. The first kappa shape index (κ1) is 14.7. The number of hydrogen-bond donors (Lipinski definition) is 1. The quantitative estimate of drug-likeness (QED) is 0.632. The molecule has 0 bridgehead atoms. The molecule has 0 aliphatic rings. The Morgan fingerprint density at radius 2 is 2.05 bits per heavy atom. The van der Waals surface area contributed by atoms with Gasteiger partial charge in [0, 0.05) is 23.2 Å². The van der Waals surface area contributed by atoms with Crippen LogP contribution in [0.2, 0.25) is 5.02 Å². The lowest BCUT2D eigenvalue weighted by molar-refractivity contribution is -0.385. The summed E-state index contributed by atoms with van der Waals surface area (Å²) in [6, 6.07) is 8.59. The van der Waals surface area contributed by atoms with Gasteiger partial charge in [0.2, 0.25) is 0 Å². The number of halogens is 3. The molecule has 0 unspecified atom stereocenters. The Morgan fingerprint density at radius 3 is 2.75 bits per heavy atom. The van der Waals surface area contributed by atoms with Gasteiger partial charge < -0.3 is 5.32 Å². The van der Waals surface area contributed by atoms with Crippen LogP contribution < -0.4 is 5.32 Å². The van der Waals surface area contributed by atoms with Crippen LogP contribution in [0, 0.1) is 15.9 Å². The molecule has 7 heteroatoms. The number of nitro groups is 1. The summed E-state index contributed by atoms with van der Waals surface area (Å²) >= 11 is 9.14. The van der Waals surface area contributed by atoms with Crippen LogP contribution in [-0.2, 0) is 6.54 Å². The van der Waals surface area contributed by atoms with Gasteiger partial charge in [-0.05, 0) is 29.8 Å². The van der Waals surface area contributed by atoms with Crippen molar-refractivity contribution in [3.63, 3.8) is 0 Å². The number of anilines is 1. The van der Waals surface area contributed by atoms with Gasteiger partial charge in [-0.25, -0.2) is 4.39 Å². The molecular weight excluding hydrogens is 351 g/mol. The first-order valence-electron chi connectivity index (χ1n) is 5.58. The molecule has 2 aromatic carbocycles. The Balaban J connectivity index is 2.18. The van der Waals surface area contributed by atoms with Crippen molar-refractivity contribution < 1.29 is 9.31 Å². The molecule has 0 saturated carbocycles. The van der Waals surface area contributed by atoms with Gasteiger partial charge in [0.05, 0.1) is 15.6 Å². The standard InChI is InChI=1S/C13H9BrClFN2O2/c14-9-3-8(4-11(5-9)18(19)20)7-17-13-6-10(16)1-2-12(13)15/h1-6,17H,7H2. The number of nitrogens with one attached hydrogen (secondary N) is 1. The van der Waals surface area contributed by atoms with Crippen LogP contribution in [0.3, 0.4) is 0 Å². The van der Waals surface area contributed by atoms with E-state index in [1.807, 2.05) is 0 Å². The molecule has 0 radical (unpaired) electrons. The number of non-ortho nitro benzene ring substituents is 1. The van der Waals surface area contributed by atoms with E-state index in [-0.39, 0.29) is 5.69 Å². The second-order valence-corrected chi connectivity index (χ2v) is 5.38. The summed E-state index contributed by atoms with van der Waals surface area (Å²) in [4.78, 5) is 10.3. The first-order chi connectivity index (χ1) is 9.45. The molecule has 2 rings (SSSR count). The van der Waals surface area contributed by atoms with Crippen molar-refractivity contribution in [1.82, 2.24) is 0 Å². The lowest BCUT2D eigenvalue weighted by atomic mass is 10.2. The molecule has 104 valence electrons. The summed E-state index contributed by atoms with van der Waals surface area (Å²) in [5.41, 5.74) is 1.11. The molecular formula is C13H9BrClFN2O2. The van der Waals surface area contributed by atoms with Gasteiger partial charge in [0.25, 0.3) is 5.69 Å². The first-order valence-corrected chi connectivity index (χ1v) is 6.75. The SMILES string of the molecule is O=[N+]([O-])c1cc(Br)cc(CNc2cc(F)ccc2Cl)c1. The van der Waals surface area contributed by atoms with Crippen LogP contribution in [0.25, 0.3) is 0 Å². The number of benzene rings is 2. The molecule has 0 aliphatic carbocycles. The van der Waals surface area contributed by atoms with E-state index in [0.29, 0.717) is 27.3 Å². The van der Waals surface area contributed by atoms with E-state index in [1.165, 1.54) is 30.3 Å². The highest BCUT2D eigenvalue weighted by molar-refractivity contribution is 9.10. The zero-order chi connectivity index (χ0) is 14.7. The molecule has 0 heterocycles. The van der Waals surface area contributed by atoms with E-state index in [1.54, 1.807) is 6.07 Å². The fourth-order valence-electron chi connectivity index (χ4n) is 1.67. The highest BCUT2D eigenvalue weighted by Gasteiger charge is 2.09. The Hall–Kier alpha value is -1.66. The van der Waals surface area contributed by atoms with Crippen LogP contribution in [0.1, 0.15) is 5.56 Å². The molecule has 20 heavy (non-hydrogen) atoms. The number of nitro benzene ring substituents is 1. The predicted molar refractivity (Wildman–Crippen MR) is 79.5 cm³/mol. The van der Waals surface area contributed by atoms with E-state index in [9.17, 15) is 14.5 Å². The second kappa shape index (κ2) is 6.19. The fourth-order valence-corrected chi connectivity index (χ4v) is 2.38. The third-order valence-electron chi connectivity index (χ3n) is 2.56. The molecule has 0 amide bonds. The molecule has 0 saturated heterocycles. The van der Waals surface area contributed by atoms with Gasteiger partial charge in [-0.2, -0.15) is 0 Å². The van der Waals surface area contributed by atoms with Crippen LogP contribution >= 0.6 is 27.5 Å².